The number of halogens is 3. The number of benzene rings is 1. The smallest absolute Gasteiger partial charge is 0.411 e. The van der Waals surface area contributed by atoms with Gasteiger partial charge in [-0.1, -0.05) is 13.0 Å². The van der Waals surface area contributed by atoms with Crippen LogP contribution < -0.4 is 10.1 Å². The molecule has 0 radical (unpaired) electrons. The molecule has 1 aliphatic rings. The van der Waals surface area contributed by atoms with Crippen LogP contribution in [-0.2, 0) is 11.2 Å². The quantitative estimate of drug-likeness (QED) is 0.643. The maximum atomic E-state index is 11.9. The first kappa shape index (κ1) is 16.1. The van der Waals surface area contributed by atoms with Gasteiger partial charge >= 0.3 is 6.18 Å². The fraction of sp³-hybridized carbons (Fsp3) is 0.600. The molecule has 2 rings (SSSR count). The Bertz CT molecular complexity index is 463. The molecule has 0 spiro atoms. The van der Waals surface area contributed by atoms with E-state index in [9.17, 15) is 13.2 Å². The molecule has 0 bridgehead atoms. The van der Waals surface area contributed by atoms with Gasteiger partial charge in [0, 0.05) is 6.04 Å². The molecule has 1 aromatic rings. The molecule has 1 aromatic carbocycles. The van der Waals surface area contributed by atoms with Crippen LogP contribution in [0.25, 0.3) is 0 Å². The lowest BCUT2D eigenvalue weighted by Gasteiger charge is -2.26. The third kappa shape index (κ3) is 4.89. The van der Waals surface area contributed by atoms with E-state index in [-0.39, 0.29) is 0 Å². The molecule has 6 heteroatoms. The molecule has 1 atom stereocenters. The van der Waals surface area contributed by atoms with Crippen LogP contribution in [0.15, 0.2) is 18.2 Å². The minimum absolute atomic E-state index is 0.356. The van der Waals surface area contributed by atoms with Crippen LogP contribution >= 0.6 is 0 Å². The van der Waals surface area contributed by atoms with Gasteiger partial charge in [0.1, 0.15) is 12.4 Å². The van der Waals surface area contributed by atoms with Crippen LogP contribution in [0.4, 0.5) is 13.2 Å². The van der Waals surface area contributed by atoms with Gasteiger partial charge in [0.2, 0.25) is 0 Å². The van der Waals surface area contributed by atoms with E-state index in [1.807, 2.05) is 12.1 Å². The second-order valence-electron chi connectivity index (χ2n) is 5.09. The molecule has 1 N–H and O–H groups in total. The second kappa shape index (κ2) is 7.13. The fourth-order valence-corrected chi connectivity index (χ4v) is 2.61. The lowest BCUT2D eigenvalue weighted by Crippen LogP contribution is -2.24. The topological polar surface area (TPSA) is 30.5 Å². The average Bonchev–Trinajstić information content (AvgIpc) is 2.43. The lowest BCUT2D eigenvalue weighted by atomic mass is 9.87. The van der Waals surface area contributed by atoms with Crippen molar-refractivity contribution in [2.45, 2.75) is 38.4 Å². The van der Waals surface area contributed by atoms with Crippen molar-refractivity contribution in [2.75, 3.05) is 19.9 Å². The number of alkyl halides is 3. The van der Waals surface area contributed by atoms with Gasteiger partial charge in [0.05, 0.1) is 0 Å². The Labute approximate surface area is 122 Å². The van der Waals surface area contributed by atoms with Crippen LogP contribution in [0.3, 0.4) is 0 Å². The molecule has 0 saturated heterocycles. The first-order valence-electron chi connectivity index (χ1n) is 7.13. The highest BCUT2D eigenvalue weighted by Crippen LogP contribution is 2.32. The van der Waals surface area contributed by atoms with E-state index in [4.69, 9.17) is 4.74 Å². The molecular weight excluding hydrogens is 283 g/mol. The first-order valence-corrected chi connectivity index (χ1v) is 7.13. The molecule has 0 saturated carbocycles. The zero-order valence-corrected chi connectivity index (χ0v) is 12.0. The molecule has 1 aliphatic carbocycles. The Morgan fingerprint density at radius 3 is 2.86 bits per heavy atom. The van der Waals surface area contributed by atoms with Crippen molar-refractivity contribution >= 4 is 0 Å². The van der Waals surface area contributed by atoms with E-state index in [2.05, 4.69) is 17.0 Å². The number of hydrogen-bond acceptors (Lipinski definition) is 3. The standard InChI is InChI=1S/C15H20F3NO2/c1-2-19-14-5-3-4-11-8-12(6-7-13(11)14)21-10-20-9-15(16,17)18/h6-8,14,19H,2-5,9-10H2,1H3. The van der Waals surface area contributed by atoms with Gasteiger partial charge in [0.25, 0.3) is 0 Å². The van der Waals surface area contributed by atoms with E-state index in [0.29, 0.717) is 11.8 Å². The van der Waals surface area contributed by atoms with Crippen LogP contribution in [0.1, 0.15) is 36.9 Å². The van der Waals surface area contributed by atoms with Crippen molar-refractivity contribution in [3.63, 3.8) is 0 Å². The molecule has 21 heavy (non-hydrogen) atoms. The van der Waals surface area contributed by atoms with E-state index < -0.39 is 19.6 Å². The number of fused-ring (bicyclic) bond motifs is 1. The highest BCUT2D eigenvalue weighted by Gasteiger charge is 2.27. The van der Waals surface area contributed by atoms with E-state index in [0.717, 1.165) is 25.8 Å². The Kier molecular flexibility index (Phi) is 5.47. The summed E-state index contributed by atoms with van der Waals surface area (Å²) in [6.07, 6.45) is -1.15. The highest BCUT2D eigenvalue weighted by molar-refractivity contribution is 5.39. The first-order chi connectivity index (χ1) is 9.99. The van der Waals surface area contributed by atoms with E-state index in [1.54, 1.807) is 6.07 Å². The summed E-state index contributed by atoms with van der Waals surface area (Å²) in [4.78, 5) is 0. The van der Waals surface area contributed by atoms with Crippen molar-refractivity contribution in [2.24, 2.45) is 0 Å². The van der Waals surface area contributed by atoms with Gasteiger partial charge in [-0.15, -0.1) is 0 Å². The molecule has 0 fully saturated rings. The van der Waals surface area contributed by atoms with Gasteiger partial charge < -0.3 is 14.8 Å². The van der Waals surface area contributed by atoms with Gasteiger partial charge in [-0.25, -0.2) is 0 Å². The molecule has 118 valence electrons. The third-order valence-corrected chi connectivity index (χ3v) is 3.45. The van der Waals surface area contributed by atoms with Gasteiger partial charge in [-0.05, 0) is 49.1 Å². The molecule has 0 aromatic heterocycles. The summed E-state index contributed by atoms with van der Waals surface area (Å²) < 4.78 is 45.5. The molecule has 0 amide bonds. The highest BCUT2D eigenvalue weighted by atomic mass is 19.4. The second-order valence-corrected chi connectivity index (χ2v) is 5.09. The minimum Gasteiger partial charge on any atom is -0.468 e. The Morgan fingerprint density at radius 1 is 1.33 bits per heavy atom. The fourth-order valence-electron chi connectivity index (χ4n) is 2.61. The molecule has 1 unspecified atom stereocenters. The number of aryl methyl sites for hydroxylation is 1. The maximum absolute atomic E-state index is 11.9. The van der Waals surface area contributed by atoms with Crippen LogP contribution in [0, 0.1) is 0 Å². The van der Waals surface area contributed by atoms with E-state index >= 15 is 0 Å². The number of hydrogen-bond donors (Lipinski definition) is 1. The van der Waals surface area contributed by atoms with Crippen LogP contribution in [0.5, 0.6) is 5.75 Å². The Morgan fingerprint density at radius 2 is 2.14 bits per heavy atom. The summed E-state index contributed by atoms with van der Waals surface area (Å²) in [6, 6.07) is 6.02. The monoisotopic (exact) mass is 303 g/mol. The predicted octanol–water partition coefficient (Wildman–Crippen LogP) is 3.59. The summed E-state index contributed by atoms with van der Waals surface area (Å²) in [6.45, 7) is 1.30. The summed E-state index contributed by atoms with van der Waals surface area (Å²) in [5.74, 6) is 0.549. The average molecular weight is 303 g/mol. The molecule has 0 aliphatic heterocycles. The van der Waals surface area contributed by atoms with Gasteiger partial charge in [-0.3, -0.25) is 0 Å². The summed E-state index contributed by atoms with van der Waals surface area (Å²) in [5, 5.41) is 3.44. The van der Waals surface area contributed by atoms with Crippen molar-refractivity contribution in [1.29, 1.82) is 0 Å². The zero-order valence-electron chi connectivity index (χ0n) is 12.0. The predicted molar refractivity (Wildman–Crippen MR) is 73.3 cm³/mol. The maximum Gasteiger partial charge on any atom is 0.411 e. The number of rotatable bonds is 6. The normalized spacial score (nSPS) is 18.4. The largest absolute Gasteiger partial charge is 0.468 e. The van der Waals surface area contributed by atoms with E-state index in [1.165, 1.54) is 11.1 Å². The molecular formula is C15H20F3NO2. The molecule has 0 heterocycles. The van der Waals surface area contributed by atoms with Crippen LogP contribution in [0.2, 0.25) is 0 Å². The van der Waals surface area contributed by atoms with Crippen molar-refractivity contribution < 1.29 is 22.6 Å². The number of nitrogens with one attached hydrogen (secondary N) is 1. The lowest BCUT2D eigenvalue weighted by molar-refractivity contribution is -0.186. The van der Waals surface area contributed by atoms with Gasteiger partial charge in [-0.2, -0.15) is 13.2 Å². The minimum atomic E-state index is -4.32. The van der Waals surface area contributed by atoms with Crippen molar-refractivity contribution in [3.05, 3.63) is 29.3 Å². The summed E-state index contributed by atoms with van der Waals surface area (Å²) >= 11 is 0. The SMILES string of the molecule is CCNC1CCCc2cc(OCOCC(F)(F)F)ccc21. The Balaban J connectivity index is 1.91. The van der Waals surface area contributed by atoms with Crippen molar-refractivity contribution in [1.82, 2.24) is 5.32 Å². The summed E-state index contributed by atoms with van der Waals surface area (Å²) in [7, 11) is 0. The van der Waals surface area contributed by atoms with Crippen LogP contribution in [-0.4, -0.2) is 26.1 Å². The Hall–Kier alpha value is -1.27. The van der Waals surface area contributed by atoms with Crippen molar-refractivity contribution in [3.8, 4) is 5.75 Å². The summed E-state index contributed by atoms with van der Waals surface area (Å²) in [5.41, 5.74) is 2.45. The third-order valence-electron chi connectivity index (χ3n) is 3.45. The van der Waals surface area contributed by atoms with Gasteiger partial charge in [0.15, 0.2) is 6.79 Å². The zero-order chi connectivity index (χ0) is 15.3. The number of ether oxygens (including phenoxy) is 2. The molecule has 3 nitrogen and oxygen atoms in total.